The molecule has 9 aromatic rings. The summed E-state index contributed by atoms with van der Waals surface area (Å²) in [5, 5.41) is 11.0. The van der Waals surface area contributed by atoms with Gasteiger partial charge in [0.25, 0.3) is 0 Å². The van der Waals surface area contributed by atoms with Gasteiger partial charge < -0.3 is 9.80 Å². The van der Waals surface area contributed by atoms with Crippen LogP contribution in [-0.2, 0) is 0 Å². The molecule has 51 heavy (non-hydrogen) atoms. The second-order valence-electron chi connectivity index (χ2n) is 12.9. The fourth-order valence-corrected chi connectivity index (χ4v) is 8.04. The fraction of sp³-hybridized carbons (Fsp3) is 0.0204. The molecule has 0 amide bonds. The van der Waals surface area contributed by atoms with Gasteiger partial charge in [-0.05, 0) is 94.0 Å². The molecule has 0 aromatic heterocycles. The summed E-state index contributed by atoms with van der Waals surface area (Å²) in [7, 11) is 0. The van der Waals surface area contributed by atoms with E-state index < -0.39 is 0 Å². The molecule has 0 radical (unpaired) electrons. The second-order valence-corrected chi connectivity index (χ2v) is 12.9. The Morgan fingerprint density at radius 3 is 1.37 bits per heavy atom. The topological polar surface area (TPSA) is 6.48 Å². The Kier molecular flexibility index (Phi) is 7.56. The Morgan fingerprint density at radius 2 is 0.843 bits per heavy atom. The number of benzene rings is 9. The highest BCUT2D eigenvalue weighted by atomic mass is 15.1. The maximum absolute atomic E-state index is 4.47. The number of nitrogens with zero attached hydrogens (tertiary/aromatic N) is 2. The van der Waals surface area contributed by atoms with Crippen molar-refractivity contribution in [2.75, 3.05) is 9.80 Å². The van der Waals surface area contributed by atoms with E-state index in [0.717, 1.165) is 39.7 Å². The number of hydrogen-bond donors (Lipinski definition) is 0. The number of rotatable bonds is 7. The zero-order valence-electron chi connectivity index (χ0n) is 28.5. The Bertz CT molecular complexity index is 2680. The van der Waals surface area contributed by atoms with E-state index in [-0.39, 0.29) is 0 Å². The molecule has 0 atom stereocenters. The summed E-state index contributed by atoms with van der Waals surface area (Å²) in [6.45, 7) is 6.74. The molecule has 0 aliphatic rings. The molecule has 242 valence electrons. The van der Waals surface area contributed by atoms with Gasteiger partial charge in [0.1, 0.15) is 0 Å². The van der Waals surface area contributed by atoms with Crippen LogP contribution in [0.15, 0.2) is 189 Å². The molecule has 0 heterocycles. The van der Waals surface area contributed by atoms with Crippen LogP contribution in [0.4, 0.5) is 28.4 Å². The number of para-hydroxylation sites is 4. The van der Waals surface area contributed by atoms with Gasteiger partial charge in [0.05, 0.1) is 5.69 Å². The minimum atomic E-state index is 1.11. The summed E-state index contributed by atoms with van der Waals surface area (Å²) in [6.07, 6.45) is 2.07. The average molecular weight is 653 g/mol. The quantitative estimate of drug-likeness (QED) is 0.125. The van der Waals surface area contributed by atoms with Crippen molar-refractivity contribution in [2.24, 2.45) is 0 Å². The lowest BCUT2D eigenvalue weighted by atomic mass is 9.85. The van der Waals surface area contributed by atoms with Crippen molar-refractivity contribution in [3.8, 4) is 0 Å². The Hall–Kier alpha value is -6.64. The molecule has 0 N–H and O–H groups in total. The standard InChI is InChI=1S/C49H36N2/c1-3-39-40-28-16-19-31-43(40)47-45(51(37-24-12-6-13-25-37)38-26-14-7-15-27-38)33-32-44-41-29-17-18-30-42(41)46(48(39)49(44)47)34(2)50(35-20-8-4-9-21-35)36-22-10-5-11-23-36/h3-33H,1H2,2H3/b46-34+. The fourth-order valence-electron chi connectivity index (χ4n) is 8.04. The van der Waals surface area contributed by atoms with Gasteiger partial charge in [0.15, 0.2) is 0 Å². The summed E-state index contributed by atoms with van der Waals surface area (Å²) in [6, 6.07) is 65.2. The van der Waals surface area contributed by atoms with Crippen molar-refractivity contribution < 1.29 is 0 Å². The van der Waals surface area contributed by atoms with Crippen LogP contribution in [0.1, 0.15) is 12.5 Å². The summed E-state index contributed by atoms with van der Waals surface area (Å²) >= 11 is 0. The third-order valence-electron chi connectivity index (χ3n) is 10.1. The van der Waals surface area contributed by atoms with Gasteiger partial charge in [-0.25, -0.2) is 0 Å². The average Bonchev–Trinajstić information content (AvgIpc) is 3.20. The molecular weight excluding hydrogens is 617 g/mol. The van der Waals surface area contributed by atoms with Crippen LogP contribution in [0.5, 0.6) is 0 Å². The minimum Gasteiger partial charge on any atom is -0.314 e. The lowest BCUT2D eigenvalue weighted by Gasteiger charge is -2.30. The van der Waals surface area contributed by atoms with E-state index >= 15 is 0 Å². The first-order valence-corrected chi connectivity index (χ1v) is 17.5. The van der Waals surface area contributed by atoms with E-state index in [0.29, 0.717) is 0 Å². The van der Waals surface area contributed by atoms with E-state index in [1.54, 1.807) is 0 Å². The SMILES string of the molecule is C=Cc1c2ccccc2c2c(N(c3ccccc3)c3ccccc3)ccc3c4ccccc4/c(=C(/C)N(c4ccccc4)c4ccccc4)c1c32. The van der Waals surface area contributed by atoms with Crippen molar-refractivity contribution >= 4 is 83.3 Å². The summed E-state index contributed by atoms with van der Waals surface area (Å²) in [5.74, 6) is 0. The molecule has 0 unspecified atom stereocenters. The van der Waals surface area contributed by atoms with Gasteiger partial charge in [0.2, 0.25) is 0 Å². The zero-order chi connectivity index (χ0) is 34.3. The van der Waals surface area contributed by atoms with Crippen LogP contribution < -0.4 is 15.0 Å². The van der Waals surface area contributed by atoms with Crippen LogP contribution in [0, 0.1) is 0 Å². The smallest absolute Gasteiger partial charge is 0.0546 e. The predicted molar refractivity (Wildman–Crippen MR) is 221 cm³/mol. The van der Waals surface area contributed by atoms with E-state index in [1.165, 1.54) is 48.3 Å². The molecule has 0 aliphatic heterocycles. The van der Waals surface area contributed by atoms with E-state index in [2.05, 4.69) is 211 Å². The van der Waals surface area contributed by atoms with E-state index in [4.69, 9.17) is 0 Å². The van der Waals surface area contributed by atoms with Crippen LogP contribution in [0.2, 0.25) is 0 Å². The highest BCUT2D eigenvalue weighted by molar-refractivity contribution is 6.33. The molecule has 0 fully saturated rings. The Balaban J connectivity index is 1.54. The van der Waals surface area contributed by atoms with Gasteiger partial charge in [-0.1, -0.05) is 140 Å². The van der Waals surface area contributed by atoms with Crippen molar-refractivity contribution in [3.05, 3.63) is 199 Å². The summed E-state index contributed by atoms with van der Waals surface area (Å²) in [5.41, 5.74) is 7.88. The number of hydrogen-bond acceptors (Lipinski definition) is 2. The Morgan fingerprint density at radius 1 is 0.412 bits per heavy atom. The monoisotopic (exact) mass is 652 g/mol. The normalized spacial score (nSPS) is 12.0. The number of fused-ring (bicyclic) bond motifs is 4. The first kappa shape index (κ1) is 30.4. The van der Waals surface area contributed by atoms with Crippen molar-refractivity contribution in [3.63, 3.8) is 0 Å². The minimum absolute atomic E-state index is 1.11. The Labute approximate surface area is 298 Å². The van der Waals surface area contributed by atoms with Crippen LogP contribution in [0.3, 0.4) is 0 Å². The van der Waals surface area contributed by atoms with Crippen molar-refractivity contribution in [2.45, 2.75) is 6.92 Å². The molecule has 0 spiro atoms. The molecule has 0 saturated heterocycles. The van der Waals surface area contributed by atoms with Gasteiger partial charge >= 0.3 is 0 Å². The van der Waals surface area contributed by atoms with Gasteiger partial charge in [-0.2, -0.15) is 0 Å². The van der Waals surface area contributed by atoms with Crippen molar-refractivity contribution in [1.82, 2.24) is 0 Å². The summed E-state index contributed by atoms with van der Waals surface area (Å²) in [4.78, 5) is 4.80. The van der Waals surface area contributed by atoms with Crippen molar-refractivity contribution in [1.29, 1.82) is 0 Å². The maximum Gasteiger partial charge on any atom is 0.0546 e. The largest absolute Gasteiger partial charge is 0.314 e. The van der Waals surface area contributed by atoms with Gasteiger partial charge in [-0.15, -0.1) is 0 Å². The van der Waals surface area contributed by atoms with Crippen LogP contribution >= 0.6 is 0 Å². The zero-order valence-corrected chi connectivity index (χ0v) is 28.5. The highest BCUT2D eigenvalue weighted by Crippen LogP contribution is 2.47. The second kappa shape index (κ2) is 12.7. The molecule has 2 heteroatoms. The molecule has 0 aliphatic carbocycles. The van der Waals surface area contributed by atoms with Crippen LogP contribution in [0.25, 0.3) is 54.9 Å². The van der Waals surface area contributed by atoms with Crippen LogP contribution in [-0.4, -0.2) is 0 Å². The molecular formula is C49H36N2. The highest BCUT2D eigenvalue weighted by Gasteiger charge is 2.24. The van der Waals surface area contributed by atoms with Gasteiger partial charge in [0, 0.05) is 49.8 Å². The number of anilines is 5. The lowest BCUT2D eigenvalue weighted by molar-refractivity contribution is 1.27. The van der Waals surface area contributed by atoms with E-state index in [9.17, 15) is 0 Å². The molecule has 9 rings (SSSR count). The molecule has 9 aromatic carbocycles. The first-order valence-electron chi connectivity index (χ1n) is 17.5. The molecule has 2 nitrogen and oxygen atoms in total. The summed E-state index contributed by atoms with van der Waals surface area (Å²) < 4.78 is 0. The predicted octanol–water partition coefficient (Wildman–Crippen LogP) is 13.1. The van der Waals surface area contributed by atoms with E-state index in [1.807, 2.05) is 0 Å². The molecule has 0 saturated carbocycles. The first-order chi connectivity index (χ1) is 25.2. The molecule has 0 bridgehead atoms. The third-order valence-corrected chi connectivity index (χ3v) is 10.1. The third kappa shape index (κ3) is 4.95. The maximum atomic E-state index is 4.47. The lowest BCUT2D eigenvalue weighted by Crippen LogP contribution is -2.23. The van der Waals surface area contributed by atoms with Gasteiger partial charge in [-0.3, -0.25) is 0 Å².